The van der Waals surface area contributed by atoms with Gasteiger partial charge in [-0.1, -0.05) is 16.8 Å². The number of halogens is 2. The fourth-order valence-corrected chi connectivity index (χ4v) is 0.902. The van der Waals surface area contributed by atoms with Gasteiger partial charge < -0.3 is 5.21 Å². The topological polar surface area (TPSA) is 45.5 Å². The van der Waals surface area contributed by atoms with Gasteiger partial charge in [0.2, 0.25) is 0 Å². The van der Waals surface area contributed by atoms with Gasteiger partial charge in [-0.3, -0.25) is 0 Å². The first kappa shape index (κ1) is 8.49. The molecule has 0 radical (unpaired) electrons. The Bertz CT molecular complexity index is 272. The first-order valence-electron chi connectivity index (χ1n) is 2.73. The normalized spacial score (nSPS) is 11.6. The van der Waals surface area contributed by atoms with E-state index in [2.05, 4.69) is 26.1 Å². The van der Waals surface area contributed by atoms with Crippen molar-refractivity contribution in [3.63, 3.8) is 0 Å². The summed E-state index contributed by atoms with van der Waals surface area (Å²) >= 11 is 8.65. The molecular weight excluding hydrogens is 231 g/mol. The number of aromatic nitrogens is 1. The number of pyridine rings is 1. The third-order valence-electron chi connectivity index (χ3n) is 1.05. The first-order chi connectivity index (χ1) is 5.24. The predicted molar refractivity (Wildman–Crippen MR) is 46.1 cm³/mol. The van der Waals surface area contributed by atoms with E-state index in [1.807, 2.05) is 0 Å². The molecule has 0 amide bonds. The maximum absolute atomic E-state index is 8.27. The second-order valence-corrected chi connectivity index (χ2v) is 2.93. The summed E-state index contributed by atoms with van der Waals surface area (Å²) in [7, 11) is 0. The van der Waals surface area contributed by atoms with Crippen molar-refractivity contribution in [2.24, 2.45) is 5.16 Å². The molecule has 0 aliphatic rings. The summed E-state index contributed by atoms with van der Waals surface area (Å²) in [4.78, 5) is 3.89. The molecule has 1 rings (SSSR count). The van der Waals surface area contributed by atoms with Gasteiger partial charge >= 0.3 is 0 Å². The number of nitrogens with zero attached hydrogens (tertiary/aromatic N) is 2. The summed E-state index contributed by atoms with van der Waals surface area (Å²) in [5.41, 5.74) is 0.581. The van der Waals surface area contributed by atoms with E-state index in [4.69, 9.17) is 16.8 Å². The zero-order chi connectivity index (χ0) is 8.27. The summed E-state index contributed by atoms with van der Waals surface area (Å²) in [5, 5.41) is 11.1. The van der Waals surface area contributed by atoms with E-state index < -0.39 is 0 Å². The standard InChI is InChI=1S/C6H4BrClN2O/c7-5-2-1-4(3-9-5)6(8)10-11/h1-3,11H/b10-6+. The Hall–Kier alpha value is -0.610. The molecule has 1 aromatic rings. The molecule has 0 aliphatic heterocycles. The molecule has 0 saturated heterocycles. The fourth-order valence-electron chi connectivity index (χ4n) is 0.556. The summed E-state index contributed by atoms with van der Waals surface area (Å²) in [5.74, 6) is 0. The summed E-state index contributed by atoms with van der Waals surface area (Å²) < 4.78 is 0.712. The molecule has 1 heterocycles. The second kappa shape index (κ2) is 3.69. The highest BCUT2D eigenvalue weighted by Gasteiger charge is 1.99. The van der Waals surface area contributed by atoms with Gasteiger partial charge in [0, 0.05) is 11.8 Å². The van der Waals surface area contributed by atoms with Crippen molar-refractivity contribution in [3.05, 3.63) is 28.5 Å². The maximum Gasteiger partial charge on any atom is 0.176 e. The molecule has 3 nitrogen and oxygen atoms in total. The van der Waals surface area contributed by atoms with E-state index in [9.17, 15) is 0 Å². The molecule has 5 heteroatoms. The zero-order valence-corrected chi connectivity index (χ0v) is 7.67. The van der Waals surface area contributed by atoms with Crippen LogP contribution >= 0.6 is 27.5 Å². The van der Waals surface area contributed by atoms with Crippen LogP contribution in [-0.4, -0.2) is 15.4 Å². The highest BCUT2D eigenvalue weighted by atomic mass is 79.9. The predicted octanol–water partition coefficient (Wildman–Crippen LogP) is 2.22. The van der Waals surface area contributed by atoms with Crippen LogP contribution in [0.3, 0.4) is 0 Å². The lowest BCUT2D eigenvalue weighted by Gasteiger charge is -1.93. The van der Waals surface area contributed by atoms with E-state index in [1.54, 1.807) is 12.1 Å². The molecule has 0 atom stereocenters. The van der Waals surface area contributed by atoms with Crippen LogP contribution in [-0.2, 0) is 0 Å². The van der Waals surface area contributed by atoms with Gasteiger partial charge in [0.05, 0.1) is 0 Å². The van der Waals surface area contributed by atoms with Crippen molar-refractivity contribution in [3.8, 4) is 0 Å². The molecule has 0 spiro atoms. The number of hydrogen-bond donors (Lipinski definition) is 1. The van der Waals surface area contributed by atoms with Crippen molar-refractivity contribution in [2.45, 2.75) is 0 Å². The summed E-state index contributed by atoms with van der Waals surface area (Å²) in [6.07, 6.45) is 1.51. The van der Waals surface area contributed by atoms with E-state index >= 15 is 0 Å². The lowest BCUT2D eigenvalue weighted by molar-refractivity contribution is 0.321. The molecular formula is C6H4BrClN2O. The van der Waals surface area contributed by atoms with Gasteiger partial charge in [-0.25, -0.2) is 4.98 Å². The Balaban J connectivity index is 2.99. The van der Waals surface area contributed by atoms with Crippen LogP contribution in [0.5, 0.6) is 0 Å². The van der Waals surface area contributed by atoms with Gasteiger partial charge in [-0.05, 0) is 28.1 Å². The van der Waals surface area contributed by atoms with Gasteiger partial charge in [-0.2, -0.15) is 0 Å². The number of rotatable bonds is 1. The van der Waals surface area contributed by atoms with E-state index in [0.717, 1.165) is 0 Å². The molecule has 0 aliphatic carbocycles. The minimum atomic E-state index is 0.0324. The first-order valence-corrected chi connectivity index (χ1v) is 3.90. The third-order valence-corrected chi connectivity index (χ3v) is 1.82. The smallest absolute Gasteiger partial charge is 0.176 e. The van der Waals surface area contributed by atoms with Crippen LogP contribution in [0.25, 0.3) is 0 Å². The Kier molecular flexibility index (Phi) is 2.84. The quantitative estimate of drug-likeness (QED) is 0.351. The molecule has 0 aromatic carbocycles. The van der Waals surface area contributed by atoms with Gasteiger partial charge in [0.15, 0.2) is 5.17 Å². The van der Waals surface area contributed by atoms with E-state index in [0.29, 0.717) is 10.2 Å². The molecule has 58 valence electrons. The molecule has 1 N–H and O–H groups in total. The zero-order valence-electron chi connectivity index (χ0n) is 5.33. The second-order valence-electron chi connectivity index (χ2n) is 1.76. The number of oxime groups is 1. The van der Waals surface area contributed by atoms with Crippen molar-refractivity contribution in [2.75, 3.05) is 0 Å². The van der Waals surface area contributed by atoms with Crippen LogP contribution < -0.4 is 0 Å². The van der Waals surface area contributed by atoms with Crippen LogP contribution in [0, 0.1) is 0 Å². The van der Waals surface area contributed by atoms with Crippen LogP contribution in [0.15, 0.2) is 28.1 Å². The average molecular weight is 235 g/mol. The summed E-state index contributed by atoms with van der Waals surface area (Å²) in [6, 6.07) is 3.40. The van der Waals surface area contributed by atoms with Crippen LogP contribution in [0.4, 0.5) is 0 Å². The largest absolute Gasteiger partial charge is 0.410 e. The molecule has 0 saturated carbocycles. The highest BCUT2D eigenvalue weighted by molar-refractivity contribution is 9.10. The lowest BCUT2D eigenvalue weighted by atomic mass is 10.3. The minimum absolute atomic E-state index is 0.0324. The Morgan fingerprint density at radius 3 is 2.82 bits per heavy atom. The van der Waals surface area contributed by atoms with Gasteiger partial charge in [0.1, 0.15) is 4.60 Å². The minimum Gasteiger partial charge on any atom is -0.410 e. The molecule has 0 fully saturated rings. The molecule has 0 bridgehead atoms. The summed E-state index contributed by atoms with van der Waals surface area (Å²) in [6.45, 7) is 0. The van der Waals surface area contributed by atoms with Gasteiger partial charge in [0.25, 0.3) is 0 Å². The Morgan fingerprint density at radius 2 is 2.36 bits per heavy atom. The van der Waals surface area contributed by atoms with E-state index in [1.165, 1.54) is 6.20 Å². The molecule has 1 aromatic heterocycles. The van der Waals surface area contributed by atoms with E-state index in [-0.39, 0.29) is 5.17 Å². The van der Waals surface area contributed by atoms with Crippen LogP contribution in [0.2, 0.25) is 0 Å². The monoisotopic (exact) mass is 234 g/mol. The third kappa shape index (κ3) is 2.17. The Morgan fingerprint density at radius 1 is 1.64 bits per heavy atom. The Labute approximate surface area is 76.8 Å². The fraction of sp³-hybridized carbons (Fsp3) is 0. The number of hydrogen-bond acceptors (Lipinski definition) is 3. The molecule has 11 heavy (non-hydrogen) atoms. The SMILES string of the molecule is O/N=C(/Cl)c1ccc(Br)nc1. The molecule has 0 unspecified atom stereocenters. The van der Waals surface area contributed by atoms with Crippen molar-refractivity contribution >= 4 is 32.7 Å². The van der Waals surface area contributed by atoms with Crippen molar-refractivity contribution < 1.29 is 5.21 Å². The van der Waals surface area contributed by atoms with Crippen molar-refractivity contribution in [1.29, 1.82) is 0 Å². The highest BCUT2D eigenvalue weighted by Crippen LogP contribution is 2.08. The van der Waals surface area contributed by atoms with Crippen LogP contribution in [0.1, 0.15) is 5.56 Å². The van der Waals surface area contributed by atoms with Crippen molar-refractivity contribution in [1.82, 2.24) is 4.98 Å². The lowest BCUT2D eigenvalue weighted by Crippen LogP contribution is -1.91. The maximum atomic E-state index is 8.27. The van der Waals surface area contributed by atoms with Gasteiger partial charge in [-0.15, -0.1) is 0 Å². The average Bonchev–Trinajstić information content (AvgIpc) is 2.05.